The summed E-state index contributed by atoms with van der Waals surface area (Å²) in [6, 6.07) is -0.345. The van der Waals surface area contributed by atoms with Crippen LogP contribution < -0.4 is 5.32 Å². The summed E-state index contributed by atoms with van der Waals surface area (Å²) in [5.41, 5.74) is -0.758. The predicted molar refractivity (Wildman–Crippen MR) is 76.1 cm³/mol. The van der Waals surface area contributed by atoms with E-state index in [1.807, 2.05) is 0 Å². The van der Waals surface area contributed by atoms with Gasteiger partial charge < -0.3 is 15.3 Å². The molecule has 5 nitrogen and oxygen atoms in total. The van der Waals surface area contributed by atoms with Gasteiger partial charge in [0, 0.05) is 20.0 Å². The zero-order valence-corrected chi connectivity index (χ0v) is 12.4. The highest BCUT2D eigenvalue weighted by Gasteiger charge is 2.34. The van der Waals surface area contributed by atoms with Crippen molar-refractivity contribution in [3.05, 3.63) is 0 Å². The molecule has 2 N–H and O–H groups in total. The van der Waals surface area contributed by atoms with E-state index in [1.165, 1.54) is 6.92 Å². The molecular formula is C15H26N2O3. The minimum absolute atomic E-state index is 0.0455. The van der Waals surface area contributed by atoms with Crippen LogP contribution in [0, 0.1) is 0 Å². The molecule has 2 aliphatic rings. The van der Waals surface area contributed by atoms with Crippen LogP contribution in [-0.4, -0.2) is 46.6 Å². The van der Waals surface area contributed by atoms with E-state index in [0.29, 0.717) is 13.1 Å². The minimum Gasteiger partial charge on any atom is -0.388 e. The topological polar surface area (TPSA) is 69.6 Å². The van der Waals surface area contributed by atoms with Crippen LogP contribution in [0.1, 0.15) is 58.3 Å². The SMILES string of the molecule is CC(=O)N1CCCC1C(=O)NCC1(O)CCCCCC1. The summed E-state index contributed by atoms with van der Waals surface area (Å²) in [7, 11) is 0. The van der Waals surface area contributed by atoms with E-state index >= 15 is 0 Å². The standard InChI is InChI=1S/C15H26N2O3/c1-12(18)17-10-6-7-13(17)14(19)16-11-15(20)8-4-2-3-5-9-15/h13,20H,2-11H2,1H3,(H,16,19). The molecule has 2 fully saturated rings. The van der Waals surface area contributed by atoms with Crippen molar-refractivity contribution in [2.45, 2.75) is 69.9 Å². The Labute approximate surface area is 120 Å². The monoisotopic (exact) mass is 282 g/mol. The van der Waals surface area contributed by atoms with Gasteiger partial charge in [-0.15, -0.1) is 0 Å². The molecule has 1 saturated carbocycles. The molecule has 114 valence electrons. The number of amides is 2. The van der Waals surface area contributed by atoms with E-state index in [-0.39, 0.29) is 17.9 Å². The van der Waals surface area contributed by atoms with Crippen molar-refractivity contribution in [2.24, 2.45) is 0 Å². The van der Waals surface area contributed by atoms with Crippen molar-refractivity contribution < 1.29 is 14.7 Å². The van der Waals surface area contributed by atoms with Crippen molar-refractivity contribution >= 4 is 11.8 Å². The van der Waals surface area contributed by atoms with Crippen LogP contribution in [0.5, 0.6) is 0 Å². The summed E-state index contributed by atoms with van der Waals surface area (Å²) < 4.78 is 0. The van der Waals surface area contributed by atoms with Crippen LogP contribution in [0.25, 0.3) is 0 Å². The summed E-state index contributed by atoms with van der Waals surface area (Å²) in [6.07, 6.45) is 7.49. The predicted octanol–water partition coefficient (Wildman–Crippen LogP) is 1.20. The maximum Gasteiger partial charge on any atom is 0.242 e. The summed E-state index contributed by atoms with van der Waals surface area (Å²) in [4.78, 5) is 25.3. The van der Waals surface area contributed by atoms with Gasteiger partial charge in [0.25, 0.3) is 0 Å². The van der Waals surface area contributed by atoms with Crippen LogP contribution in [0.4, 0.5) is 0 Å². The van der Waals surface area contributed by atoms with E-state index in [0.717, 1.165) is 51.4 Å². The molecule has 0 spiro atoms. The molecule has 1 saturated heterocycles. The van der Waals surface area contributed by atoms with Crippen molar-refractivity contribution in [3.8, 4) is 0 Å². The number of nitrogens with zero attached hydrogens (tertiary/aromatic N) is 1. The van der Waals surface area contributed by atoms with Gasteiger partial charge in [0.05, 0.1) is 5.60 Å². The molecule has 1 atom stereocenters. The number of carbonyl (C=O) groups excluding carboxylic acids is 2. The second-order valence-electron chi connectivity index (χ2n) is 6.23. The van der Waals surface area contributed by atoms with Crippen molar-refractivity contribution in [3.63, 3.8) is 0 Å². The lowest BCUT2D eigenvalue weighted by Gasteiger charge is -2.29. The Kier molecular flexibility index (Phi) is 5.02. The number of aliphatic hydroxyl groups is 1. The third-order valence-electron chi connectivity index (χ3n) is 4.59. The lowest BCUT2D eigenvalue weighted by Crippen LogP contribution is -2.50. The average molecular weight is 282 g/mol. The van der Waals surface area contributed by atoms with E-state index in [2.05, 4.69) is 5.32 Å². The molecule has 0 bridgehead atoms. The van der Waals surface area contributed by atoms with E-state index in [4.69, 9.17) is 0 Å². The third kappa shape index (κ3) is 3.72. The Morgan fingerprint density at radius 2 is 1.85 bits per heavy atom. The molecule has 0 aromatic rings. The van der Waals surface area contributed by atoms with Gasteiger partial charge in [-0.25, -0.2) is 0 Å². The van der Waals surface area contributed by atoms with Gasteiger partial charge in [-0.2, -0.15) is 0 Å². The van der Waals surface area contributed by atoms with E-state index < -0.39 is 5.60 Å². The summed E-state index contributed by atoms with van der Waals surface area (Å²) in [5.74, 6) is -0.161. The number of carbonyl (C=O) groups is 2. The highest BCUT2D eigenvalue weighted by Crippen LogP contribution is 2.26. The van der Waals surface area contributed by atoms with Crippen LogP contribution >= 0.6 is 0 Å². The molecule has 1 aliphatic heterocycles. The first-order valence-electron chi connectivity index (χ1n) is 7.79. The first-order chi connectivity index (χ1) is 9.52. The van der Waals surface area contributed by atoms with Gasteiger partial charge in [0.15, 0.2) is 0 Å². The molecule has 20 heavy (non-hydrogen) atoms. The number of hydrogen-bond acceptors (Lipinski definition) is 3. The Morgan fingerprint density at radius 3 is 2.45 bits per heavy atom. The summed E-state index contributed by atoms with van der Waals surface area (Å²) in [5, 5.41) is 13.4. The van der Waals surface area contributed by atoms with Gasteiger partial charge in [0.2, 0.25) is 11.8 Å². The second kappa shape index (κ2) is 6.57. The normalized spacial score (nSPS) is 26.1. The number of nitrogens with one attached hydrogen (secondary N) is 1. The van der Waals surface area contributed by atoms with Crippen LogP contribution in [-0.2, 0) is 9.59 Å². The maximum atomic E-state index is 12.2. The Hall–Kier alpha value is -1.10. The zero-order chi connectivity index (χ0) is 14.6. The number of likely N-dealkylation sites (tertiary alicyclic amines) is 1. The molecule has 1 heterocycles. The lowest BCUT2D eigenvalue weighted by molar-refractivity contribution is -0.137. The van der Waals surface area contributed by atoms with E-state index in [1.54, 1.807) is 4.90 Å². The minimum atomic E-state index is -0.758. The van der Waals surface area contributed by atoms with Gasteiger partial charge in [-0.3, -0.25) is 9.59 Å². The quantitative estimate of drug-likeness (QED) is 0.764. The van der Waals surface area contributed by atoms with Crippen LogP contribution in [0.3, 0.4) is 0 Å². The highest BCUT2D eigenvalue weighted by atomic mass is 16.3. The van der Waals surface area contributed by atoms with E-state index in [9.17, 15) is 14.7 Å². The van der Waals surface area contributed by atoms with Crippen molar-refractivity contribution in [1.82, 2.24) is 10.2 Å². The molecule has 0 aromatic carbocycles. The van der Waals surface area contributed by atoms with Gasteiger partial charge in [-0.05, 0) is 25.7 Å². The van der Waals surface area contributed by atoms with Crippen LogP contribution in [0.2, 0.25) is 0 Å². The first-order valence-corrected chi connectivity index (χ1v) is 7.79. The molecule has 0 radical (unpaired) electrons. The van der Waals surface area contributed by atoms with Crippen molar-refractivity contribution in [2.75, 3.05) is 13.1 Å². The molecule has 2 rings (SSSR count). The summed E-state index contributed by atoms with van der Waals surface area (Å²) >= 11 is 0. The Morgan fingerprint density at radius 1 is 1.20 bits per heavy atom. The Balaban J connectivity index is 1.86. The average Bonchev–Trinajstić information content (AvgIpc) is 2.80. The fraction of sp³-hybridized carbons (Fsp3) is 0.867. The third-order valence-corrected chi connectivity index (χ3v) is 4.59. The van der Waals surface area contributed by atoms with Crippen LogP contribution in [0.15, 0.2) is 0 Å². The molecule has 2 amide bonds. The highest BCUT2D eigenvalue weighted by molar-refractivity contribution is 5.87. The molecule has 1 unspecified atom stereocenters. The maximum absolute atomic E-state index is 12.2. The summed E-state index contributed by atoms with van der Waals surface area (Å²) in [6.45, 7) is 2.48. The number of hydrogen-bond donors (Lipinski definition) is 2. The molecule has 5 heteroatoms. The number of rotatable bonds is 3. The van der Waals surface area contributed by atoms with Crippen molar-refractivity contribution in [1.29, 1.82) is 0 Å². The zero-order valence-electron chi connectivity index (χ0n) is 12.4. The first kappa shape index (κ1) is 15.3. The fourth-order valence-corrected chi connectivity index (χ4v) is 3.35. The van der Waals surface area contributed by atoms with Gasteiger partial charge >= 0.3 is 0 Å². The largest absolute Gasteiger partial charge is 0.388 e. The second-order valence-corrected chi connectivity index (χ2v) is 6.23. The lowest BCUT2D eigenvalue weighted by atomic mass is 9.94. The molecule has 1 aliphatic carbocycles. The molecular weight excluding hydrogens is 256 g/mol. The Bertz CT molecular complexity index is 362. The molecule has 0 aromatic heterocycles. The fourth-order valence-electron chi connectivity index (χ4n) is 3.35. The smallest absolute Gasteiger partial charge is 0.242 e. The van der Waals surface area contributed by atoms with Gasteiger partial charge in [0.1, 0.15) is 6.04 Å². The van der Waals surface area contributed by atoms with Gasteiger partial charge in [-0.1, -0.05) is 25.7 Å².